The largest absolute Gasteiger partial charge is 0.490 e. The highest BCUT2D eigenvalue weighted by atomic mass is 32.1. The van der Waals surface area contributed by atoms with Crippen LogP contribution in [0, 0.1) is 0 Å². The van der Waals surface area contributed by atoms with Gasteiger partial charge in [0.2, 0.25) is 0 Å². The standard InChI is InChI=1S/C16H19N3OS/c1-3-17-4-2-13-8-16-15(7-12(1)13)19(5-6-20-16)9-14-10-21-11-18-14/h7-8,10-11,17H,1-6,9H2. The predicted octanol–water partition coefficient (Wildman–Crippen LogP) is 2.23. The molecule has 2 aromatic rings. The van der Waals surface area contributed by atoms with Crippen LogP contribution in [0.4, 0.5) is 5.69 Å². The minimum absolute atomic E-state index is 0.758. The van der Waals surface area contributed by atoms with Gasteiger partial charge in [-0.2, -0.15) is 0 Å². The summed E-state index contributed by atoms with van der Waals surface area (Å²) < 4.78 is 5.90. The highest BCUT2D eigenvalue weighted by molar-refractivity contribution is 7.07. The van der Waals surface area contributed by atoms with Crippen LogP contribution in [0.2, 0.25) is 0 Å². The number of hydrogen-bond donors (Lipinski definition) is 1. The molecular weight excluding hydrogens is 282 g/mol. The van der Waals surface area contributed by atoms with Crippen LogP contribution in [0.1, 0.15) is 16.8 Å². The van der Waals surface area contributed by atoms with Gasteiger partial charge in [-0.25, -0.2) is 4.98 Å². The van der Waals surface area contributed by atoms with Crippen LogP contribution in [-0.2, 0) is 19.4 Å². The van der Waals surface area contributed by atoms with E-state index in [2.05, 4.69) is 32.7 Å². The molecule has 0 aliphatic carbocycles. The summed E-state index contributed by atoms with van der Waals surface area (Å²) in [5.74, 6) is 1.04. The van der Waals surface area contributed by atoms with Gasteiger partial charge >= 0.3 is 0 Å². The van der Waals surface area contributed by atoms with Crippen molar-refractivity contribution in [3.63, 3.8) is 0 Å². The topological polar surface area (TPSA) is 37.4 Å². The van der Waals surface area contributed by atoms with Crippen molar-refractivity contribution < 1.29 is 4.74 Å². The highest BCUT2D eigenvalue weighted by Gasteiger charge is 2.21. The molecule has 0 spiro atoms. The van der Waals surface area contributed by atoms with Crippen LogP contribution < -0.4 is 15.0 Å². The molecule has 0 saturated heterocycles. The number of fused-ring (bicyclic) bond motifs is 2. The zero-order chi connectivity index (χ0) is 14.1. The first-order valence-electron chi connectivity index (χ1n) is 7.51. The van der Waals surface area contributed by atoms with Crippen LogP contribution in [0.25, 0.3) is 0 Å². The third-order valence-corrected chi connectivity index (χ3v) is 4.85. The summed E-state index contributed by atoms with van der Waals surface area (Å²) in [6.07, 6.45) is 2.20. The number of aromatic nitrogens is 1. The number of ether oxygens (including phenoxy) is 1. The molecule has 4 rings (SSSR count). The van der Waals surface area contributed by atoms with Gasteiger partial charge < -0.3 is 15.0 Å². The van der Waals surface area contributed by atoms with Gasteiger partial charge in [-0.05, 0) is 49.2 Å². The van der Waals surface area contributed by atoms with Gasteiger partial charge in [0.1, 0.15) is 12.4 Å². The fourth-order valence-corrected chi connectivity index (χ4v) is 3.66. The van der Waals surface area contributed by atoms with E-state index in [9.17, 15) is 0 Å². The molecule has 1 N–H and O–H groups in total. The van der Waals surface area contributed by atoms with Crippen molar-refractivity contribution in [1.29, 1.82) is 0 Å². The Labute approximate surface area is 128 Å². The predicted molar refractivity (Wildman–Crippen MR) is 85.4 cm³/mol. The second kappa shape index (κ2) is 5.66. The zero-order valence-corrected chi connectivity index (χ0v) is 12.8. The van der Waals surface area contributed by atoms with Gasteiger partial charge in [0.05, 0.1) is 30.0 Å². The lowest BCUT2D eigenvalue weighted by atomic mass is 10.0. The van der Waals surface area contributed by atoms with Gasteiger partial charge in [-0.15, -0.1) is 11.3 Å². The van der Waals surface area contributed by atoms with E-state index in [0.717, 1.165) is 57.1 Å². The van der Waals surface area contributed by atoms with Crippen LogP contribution in [0.15, 0.2) is 23.0 Å². The van der Waals surface area contributed by atoms with Crippen molar-refractivity contribution in [1.82, 2.24) is 10.3 Å². The average molecular weight is 301 g/mol. The van der Waals surface area contributed by atoms with Gasteiger partial charge in [-0.1, -0.05) is 0 Å². The van der Waals surface area contributed by atoms with Gasteiger partial charge in [0.15, 0.2) is 0 Å². The summed E-state index contributed by atoms with van der Waals surface area (Å²) in [7, 11) is 0. The molecule has 2 aliphatic heterocycles. The molecule has 0 fully saturated rings. The molecule has 4 nitrogen and oxygen atoms in total. The molecule has 0 unspecified atom stereocenters. The van der Waals surface area contributed by atoms with E-state index in [4.69, 9.17) is 4.74 Å². The second-order valence-electron chi connectivity index (χ2n) is 5.59. The molecule has 1 aromatic carbocycles. The molecule has 0 amide bonds. The summed E-state index contributed by atoms with van der Waals surface area (Å²) in [6.45, 7) is 4.69. The Hall–Kier alpha value is -1.59. The van der Waals surface area contributed by atoms with Crippen LogP contribution >= 0.6 is 11.3 Å². The maximum absolute atomic E-state index is 5.90. The lowest BCUT2D eigenvalue weighted by molar-refractivity contribution is 0.306. The van der Waals surface area contributed by atoms with Crippen molar-refractivity contribution in [3.8, 4) is 5.75 Å². The Morgan fingerprint density at radius 3 is 2.90 bits per heavy atom. The normalized spacial score (nSPS) is 17.6. The van der Waals surface area contributed by atoms with E-state index in [0.29, 0.717) is 0 Å². The fraction of sp³-hybridized carbons (Fsp3) is 0.438. The molecular formula is C16H19N3OS. The van der Waals surface area contributed by atoms with Crippen LogP contribution in [-0.4, -0.2) is 31.2 Å². The van der Waals surface area contributed by atoms with Gasteiger partial charge in [-0.3, -0.25) is 0 Å². The van der Waals surface area contributed by atoms with Gasteiger partial charge in [0, 0.05) is 5.38 Å². The van der Waals surface area contributed by atoms with Crippen LogP contribution in [0.5, 0.6) is 5.75 Å². The molecule has 3 heterocycles. The Morgan fingerprint density at radius 1 is 1.24 bits per heavy atom. The summed E-state index contributed by atoms with van der Waals surface area (Å²) in [5.41, 5.74) is 7.18. The highest BCUT2D eigenvalue weighted by Crippen LogP contribution is 2.36. The first-order valence-corrected chi connectivity index (χ1v) is 8.46. The molecule has 110 valence electrons. The monoisotopic (exact) mass is 301 g/mol. The third-order valence-electron chi connectivity index (χ3n) is 4.22. The lowest BCUT2D eigenvalue weighted by Crippen LogP contribution is -2.32. The Morgan fingerprint density at radius 2 is 2.10 bits per heavy atom. The van der Waals surface area contributed by atoms with Crippen molar-refractivity contribution in [2.24, 2.45) is 0 Å². The Balaban J connectivity index is 1.68. The number of thiazole rings is 1. The van der Waals surface area contributed by atoms with E-state index in [-0.39, 0.29) is 0 Å². The first-order chi connectivity index (χ1) is 10.4. The molecule has 0 bridgehead atoms. The maximum Gasteiger partial charge on any atom is 0.142 e. The number of rotatable bonds is 2. The average Bonchev–Trinajstić information content (AvgIpc) is 2.90. The van der Waals surface area contributed by atoms with Gasteiger partial charge in [0.25, 0.3) is 0 Å². The third kappa shape index (κ3) is 2.63. The minimum Gasteiger partial charge on any atom is -0.490 e. The summed E-state index contributed by atoms with van der Waals surface area (Å²) in [5, 5.41) is 5.60. The Bertz CT molecular complexity index is 627. The van der Waals surface area contributed by atoms with E-state index < -0.39 is 0 Å². The van der Waals surface area contributed by atoms with E-state index in [1.807, 2.05) is 5.51 Å². The van der Waals surface area contributed by atoms with Crippen LogP contribution in [0.3, 0.4) is 0 Å². The molecule has 0 atom stereocenters. The molecule has 5 heteroatoms. The van der Waals surface area contributed by atoms with Crippen molar-refractivity contribution in [3.05, 3.63) is 39.8 Å². The van der Waals surface area contributed by atoms with Crippen molar-refractivity contribution >= 4 is 17.0 Å². The van der Waals surface area contributed by atoms with E-state index in [1.54, 1.807) is 11.3 Å². The van der Waals surface area contributed by atoms with Crippen molar-refractivity contribution in [2.45, 2.75) is 19.4 Å². The number of benzene rings is 1. The number of nitrogens with zero attached hydrogens (tertiary/aromatic N) is 2. The van der Waals surface area contributed by atoms with E-state index >= 15 is 0 Å². The lowest BCUT2D eigenvalue weighted by Gasteiger charge is -2.31. The quantitative estimate of drug-likeness (QED) is 0.923. The molecule has 0 saturated carbocycles. The van der Waals surface area contributed by atoms with E-state index in [1.165, 1.54) is 16.8 Å². The first kappa shape index (κ1) is 13.1. The zero-order valence-electron chi connectivity index (χ0n) is 12.0. The Kier molecular flexibility index (Phi) is 3.53. The molecule has 2 aliphatic rings. The molecule has 21 heavy (non-hydrogen) atoms. The summed E-state index contributed by atoms with van der Waals surface area (Å²) in [4.78, 5) is 6.81. The molecule has 0 radical (unpaired) electrons. The SMILES string of the molecule is c1nc(CN2CCOc3cc4c(cc32)CCNCC4)cs1. The maximum atomic E-state index is 5.90. The number of anilines is 1. The molecule has 1 aromatic heterocycles. The van der Waals surface area contributed by atoms with Crippen molar-refractivity contribution in [2.75, 3.05) is 31.1 Å². The number of nitrogens with one attached hydrogen (secondary N) is 1. The summed E-state index contributed by atoms with van der Waals surface area (Å²) in [6, 6.07) is 4.59. The number of hydrogen-bond acceptors (Lipinski definition) is 5. The minimum atomic E-state index is 0.758. The smallest absolute Gasteiger partial charge is 0.142 e. The fourth-order valence-electron chi connectivity index (χ4n) is 3.11. The summed E-state index contributed by atoms with van der Waals surface area (Å²) >= 11 is 1.66. The second-order valence-corrected chi connectivity index (χ2v) is 6.31.